The van der Waals surface area contributed by atoms with E-state index >= 15 is 0 Å². The molecule has 0 bridgehead atoms. The van der Waals surface area contributed by atoms with Gasteiger partial charge in [-0.3, -0.25) is 19.7 Å². The van der Waals surface area contributed by atoms with Gasteiger partial charge in [-0.2, -0.15) is 5.10 Å². The molecule has 1 aliphatic carbocycles. The molecule has 5 rings (SSSR count). The van der Waals surface area contributed by atoms with Gasteiger partial charge in [-0.05, 0) is 44.7 Å². The van der Waals surface area contributed by atoms with Crippen molar-refractivity contribution in [3.63, 3.8) is 0 Å². The van der Waals surface area contributed by atoms with Crippen LogP contribution in [0.25, 0.3) is 11.4 Å². The van der Waals surface area contributed by atoms with Gasteiger partial charge in [0.25, 0.3) is 11.5 Å². The highest BCUT2D eigenvalue weighted by atomic mass is 16.2. The van der Waals surface area contributed by atoms with Crippen molar-refractivity contribution < 1.29 is 4.79 Å². The van der Waals surface area contributed by atoms with Crippen LogP contribution in [0.5, 0.6) is 0 Å². The Morgan fingerprint density at radius 3 is 2.93 bits per heavy atom. The first-order valence-electron chi connectivity index (χ1n) is 9.91. The Morgan fingerprint density at radius 1 is 1.28 bits per heavy atom. The Hall–Kier alpha value is -3.29. The zero-order valence-electron chi connectivity index (χ0n) is 16.2. The molecule has 8 nitrogen and oxygen atoms in total. The van der Waals surface area contributed by atoms with Crippen molar-refractivity contribution in [3.8, 4) is 11.4 Å². The van der Waals surface area contributed by atoms with E-state index < -0.39 is 0 Å². The smallest absolute Gasteiger partial charge is 0.257 e. The maximum atomic E-state index is 13.1. The minimum atomic E-state index is -0.272. The lowest BCUT2D eigenvalue weighted by atomic mass is 9.77. The topological polar surface area (TPSA) is 108 Å². The summed E-state index contributed by atoms with van der Waals surface area (Å²) in [5, 5.41) is 6.82. The van der Waals surface area contributed by atoms with E-state index in [1.807, 2.05) is 24.0 Å². The average molecular weight is 390 g/mol. The molecule has 1 saturated heterocycles. The maximum Gasteiger partial charge on any atom is 0.257 e. The first-order valence-corrected chi connectivity index (χ1v) is 9.91. The number of aromatic amines is 2. The molecule has 2 N–H and O–H groups in total. The summed E-state index contributed by atoms with van der Waals surface area (Å²) < 4.78 is 0. The second-order valence-electron chi connectivity index (χ2n) is 8.00. The summed E-state index contributed by atoms with van der Waals surface area (Å²) in [6.45, 7) is 3.14. The second-order valence-corrected chi connectivity index (χ2v) is 8.00. The Bertz CT molecular complexity index is 1140. The van der Waals surface area contributed by atoms with Crippen molar-refractivity contribution >= 4 is 5.91 Å². The number of aryl methyl sites for hydroxylation is 1. The standard InChI is InChI=1S/C21H22N6O2/c1-13-16(11-23-26-13)20(29)27-9-3-6-21(12-27)7-5-15-17(21)24-18(25-19(15)28)14-4-2-8-22-10-14/h2,4,8,10-11H,3,5-7,9,12H2,1H3,(H,23,26)(H,24,25,28). The van der Waals surface area contributed by atoms with Gasteiger partial charge in [0.05, 0.1) is 17.5 Å². The summed E-state index contributed by atoms with van der Waals surface area (Å²) in [5.74, 6) is 0.526. The molecule has 3 aromatic rings. The van der Waals surface area contributed by atoms with Crippen LogP contribution in [-0.2, 0) is 11.8 Å². The Labute approximate surface area is 167 Å². The Morgan fingerprint density at radius 2 is 2.17 bits per heavy atom. The molecule has 1 aliphatic heterocycles. The van der Waals surface area contributed by atoms with Crippen molar-refractivity contribution in [1.29, 1.82) is 0 Å². The quantitative estimate of drug-likeness (QED) is 0.696. The molecule has 1 unspecified atom stereocenters. The number of carbonyl (C=O) groups is 1. The van der Waals surface area contributed by atoms with Gasteiger partial charge in [0, 0.05) is 47.7 Å². The molecule has 8 heteroatoms. The number of nitrogens with one attached hydrogen (secondary N) is 2. The third-order valence-electron chi connectivity index (χ3n) is 6.23. The van der Waals surface area contributed by atoms with Crippen LogP contribution in [0.4, 0.5) is 0 Å². The predicted octanol–water partition coefficient (Wildman–Crippen LogP) is 1.98. The van der Waals surface area contributed by atoms with Crippen LogP contribution in [0.3, 0.4) is 0 Å². The molecule has 1 spiro atoms. The summed E-state index contributed by atoms with van der Waals surface area (Å²) >= 11 is 0. The fraction of sp³-hybridized carbons (Fsp3) is 0.381. The van der Waals surface area contributed by atoms with Crippen LogP contribution in [0, 0.1) is 6.92 Å². The van der Waals surface area contributed by atoms with Crippen LogP contribution in [0.15, 0.2) is 35.5 Å². The number of aromatic nitrogens is 5. The van der Waals surface area contributed by atoms with Crippen LogP contribution in [0.2, 0.25) is 0 Å². The lowest BCUT2D eigenvalue weighted by molar-refractivity contribution is 0.0633. The third kappa shape index (κ3) is 2.86. The molecule has 4 heterocycles. The summed E-state index contributed by atoms with van der Waals surface area (Å²) in [5.41, 5.74) is 3.41. The summed E-state index contributed by atoms with van der Waals surface area (Å²) in [6, 6.07) is 3.71. The molecule has 1 atom stereocenters. The van der Waals surface area contributed by atoms with Crippen LogP contribution < -0.4 is 5.56 Å². The monoisotopic (exact) mass is 390 g/mol. The number of fused-ring (bicyclic) bond motifs is 2. The number of hydrogen-bond acceptors (Lipinski definition) is 5. The average Bonchev–Trinajstić information content (AvgIpc) is 3.32. The van der Waals surface area contributed by atoms with Gasteiger partial charge in [0.2, 0.25) is 0 Å². The highest BCUT2D eigenvalue weighted by Crippen LogP contribution is 2.43. The van der Waals surface area contributed by atoms with Crippen molar-refractivity contribution in [2.24, 2.45) is 0 Å². The molecule has 29 heavy (non-hydrogen) atoms. The van der Waals surface area contributed by atoms with E-state index in [0.717, 1.165) is 41.8 Å². The van der Waals surface area contributed by atoms with Crippen molar-refractivity contribution in [2.45, 2.75) is 38.0 Å². The number of carbonyl (C=O) groups excluding carboxylic acids is 1. The Balaban J connectivity index is 1.53. The second kappa shape index (κ2) is 6.65. The van der Waals surface area contributed by atoms with Gasteiger partial charge < -0.3 is 9.88 Å². The van der Waals surface area contributed by atoms with Crippen LogP contribution in [0.1, 0.15) is 46.6 Å². The van der Waals surface area contributed by atoms with Crippen molar-refractivity contribution in [2.75, 3.05) is 13.1 Å². The molecule has 1 fully saturated rings. The fourth-order valence-electron chi connectivity index (χ4n) is 4.73. The fourth-order valence-corrected chi connectivity index (χ4v) is 4.73. The van der Waals surface area contributed by atoms with E-state index in [1.54, 1.807) is 18.6 Å². The lowest BCUT2D eigenvalue weighted by Gasteiger charge is -2.40. The molecule has 148 valence electrons. The molecule has 0 aromatic carbocycles. The van der Waals surface area contributed by atoms with Gasteiger partial charge in [-0.25, -0.2) is 4.98 Å². The minimum absolute atomic E-state index is 0.0129. The molecule has 3 aromatic heterocycles. The number of pyridine rings is 1. The van der Waals surface area contributed by atoms with E-state index in [0.29, 0.717) is 30.9 Å². The van der Waals surface area contributed by atoms with E-state index in [2.05, 4.69) is 20.2 Å². The van der Waals surface area contributed by atoms with Crippen molar-refractivity contribution in [1.82, 2.24) is 30.0 Å². The summed E-state index contributed by atoms with van der Waals surface area (Å²) in [6.07, 6.45) is 8.32. The van der Waals surface area contributed by atoms with E-state index in [4.69, 9.17) is 4.98 Å². The summed E-state index contributed by atoms with van der Waals surface area (Å²) in [7, 11) is 0. The number of H-pyrrole nitrogens is 2. The van der Waals surface area contributed by atoms with Crippen molar-refractivity contribution in [3.05, 3.63) is 63.6 Å². The van der Waals surface area contributed by atoms with Gasteiger partial charge in [0.1, 0.15) is 5.82 Å². The zero-order chi connectivity index (χ0) is 20.0. The molecule has 0 saturated carbocycles. The minimum Gasteiger partial charge on any atom is -0.338 e. The van der Waals surface area contributed by atoms with Gasteiger partial charge in [-0.15, -0.1) is 0 Å². The molecular weight excluding hydrogens is 368 g/mol. The molecule has 2 aliphatic rings. The molecule has 1 amide bonds. The number of rotatable bonds is 2. The number of likely N-dealkylation sites (tertiary alicyclic amines) is 1. The van der Waals surface area contributed by atoms with E-state index in [1.165, 1.54) is 0 Å². The summed E-state index contributed by atoms with van der Waals surface area (Å²) in [4.78, 5) is 39.6. The SMILES string of the molecule is Cc1[nH]ncc1C(=O)N1CCCC2(CCc3c2nc(-c2cccnc2)[nH]c3=O)C1. The molecule has 0 radical (unpaired) electrons. The number of hydrogen-bond donors (Lipinski definition) is 2. The third-order valence-corrected chi connectivity index (χ3v) is 6.23. The van der Waals surface area contributed by atoms with Gasteiger partial charge >= 0.3 is 0 Å². The van der Waals surface area contributed by atoms with E-state index in [9.17, 15) is 9.59 Å². The number of amides is 1. The highest BCUT2D eigenvalue weighted by Gasteiger charge is 2.46. The van der Waals surface area contributed by atoms with Crippen LogP contribution >= 0.6 is 0 Å². The largest absolute Gasteiger partial charge is 0.338 e. The number of piperidine rings is 1. The lowest BCUT2D eigenvalue weighted by Crippen LogP contribution is -2.48. The molecular formula is C21H22N6O2. The first kappa shape index (κ1) is 17.8. The normalized spacial score (nSPS) is 20.8. The highest BCUT2D eigenvalue weighted by molar-refractivity contribution is 5.95. The zero-order valence-corrected chi connectivity index (χ0v) is 16.2. The van der Waals surface area contributed by atoms with Crippen LogP contribution in [-0.4, -0.2) is 49.0 Å². The Kier molecular flexibility index (Phi) is 4.08. The van der Waals surface area contributed by atoms with Gasteiger partial charge in [-0.1, -0.05) is 0 Å². The van der Waals surface area contributed by atoms with E-state index in [-0.39, 0.29) is 16.9 Å². The maximum absolute atomic E-state index is 13.1. The predicted molar refractivity (Wildman–Crippen MR) is 107 cm³/mol. The first-order chi connectivity index (χ1) is 14.1. The van der Waals surface area contributed by atoms with Gasteiger partial charge in [0.15, 0.2) is 0 Å². The number of nitrogens with zero attached hydrogens (tertiary/aromatic N) is 4.